The van der Waals surface area contributed by atoms with E-state index in [-0.39, 0.29) is 0 Å². The highest BCUT2D eigenvalue weighted by molar-refractivity contribution is 5.83. The molecule has 2 aromatic rings. The van der Waals surface area contributed by atoms with Crippen LogP contribution in [-0.2, 0) is 15.9 Å². The first-order valence-electron chi connectivity index (χ1n) is 9.68. The van der Waals surface area contributed by atoms with Crippen LogP contribution in [0, 0.1) is 0 Å². The number of likely N-dealkylation sites (N-methyl/N-ethyl adjacent to an activating group) is 1. The van der Waals surface area contributed by atoms with Crippen molar-refractivity contribution in [1.82, 2.24) is 9.88 Å². The summed E-state index contributed by atoms with van der Waals surface area (Å²) in [5.41, 5.74) is 5.43. The van der Waals surface area contributed by atoms with Crippen LogP contribution in [0.5, 0.6) is 0 Å². The molecule has 1 aliphatic carbocycles. The number of aryl methyl sites for hydroxylation is 1. The van der Waals surface area contributed by atoms with Gasteiger partial charge in [-0.15, -0.1) is 0 Å². The molecule has 0 radical (unpaired) electrons. The Hall–Kier alpha value is -2.46. The number of likely N-dealkylation sites (tertiary alicyclic amines) is 1. The molecule has 4 nitrogen and oxygen atoms in total. The van der Waals surface area contributed by atoms with Crippen LogP contribution >= 0.6 is 0 Å². The van der Waals surface area contributed by atoms with E-state index in [1.807, 2.05) is 0 Å². The van der Waals surface area contributed by atoms with E-state index in [0.717, 1.165) is 43.7 Å². The third-order valence-corrected chi connectivity index (χ3v) is 5.92. The predicted octanol–water partition coefficient (Wildman–Crippen LogP) is 4.57. The Kier molecular flexibility index (Phi) is 5.08. The summed E-state index contributed by atoms with van der Waals surface area (Å²) >= 11 is 0. The van der Waals surface area contributed by atoms with Gasteiger partial charge in [0.15, 0.2) is 5.76 Å². The number of aromatic nitrogens is 1. The number of allylic oxidation sites excluding steroid dienone is 2. The number of hydrogen-bond donors (Lipinski definition) is 1. The molecule has 1 aromatic carbocycles. The van der Waals surface area contributed by atoms with E-state index in [1.165, 1.54) is 27.6 Å². The zero-order valence-corrected chi connectivity index (χ0v) is 16.4. The fraction of sp³-hybridized carbons (Fsp3) is 0.391. The molecule has 1 unspecified atom stereocenters. The number of fused-ring (bicyclic) bond motifs is 2. The number of piperidine rings is 1. The van der Waals surface area contributed by atoms with Gasteiger partial charge in [0.1, 0.15) is 5.76 Å². The molecule has 2 aliphatic rings. The second kappa shape index (κ2) is 7.65. The maximum Gasteiger partial charge on any atom is 0.157 e. The van der Waals surface area contributed by atoms with Gasteiger partial charge < -0.3 is 14.5 Å². The van der Waals surface area contributed by atoms with Crippen molar-refractivity contribution in [3.8, 4) is 0 Å². The van der Waals surface area contributed by atoms with Gasteiger partial charge in [-0.2, -0.15) is 0 Å². The molecular formula is C23H28N2O2. The highest BCUT2D eigenvalue weighted by atomic mass is 16.5. The smallest absolute Gasteiger partial charge is 0.157 e. The zero-order chi connectivity index (χ0) is 18.8. The number of hydrogen-bond acceptors (Lipinski definition) is 3. The number of aromatic amines is 1. The van der Waals surface area contributed by atoms with Crippen molar-refractivity contribution < 1.29 is 9.47 Å². The molecule has 1 N–H and O–H groups in total. The van der Waals surface area contributed by atoms with E-state index in [0.29, 0.717) is 6.04 Å². The lowest BCUT2D eigenvalue weighted by molar-refractivity contribution is 0.225. The highest BCUT2D eigenvalue weighted by Crippen LogP contribution is 2.35. The second-order valence-electron chi connectivity index (χ2n) is 7.37. The number of nitrogens with zero attached hydrogens (tertiary/aromatic N) is 1. The van der Waals surface area contributed by atoms with E-state index < -0.39 is 0 Å². The topological polar surface area (TPSA) is 37.5 Å². The van der Waals surface area contributed by atoms with Gasteiger partial charge in [0.05, 0.1) is 14.2 Å². The molecule has 4 rings (SSSR count). The van der Waals surface area contributed by atoms with Crippen LogP contribution in [0.15, 0.2) is 65.3 Å². The van der Waals surface area contributed by atoms with E-state index in [1.54, 1.807) is 14.2 Å². The van der Waals surface area contributed by atoms with Gasteiger partial charge in [0.2, 0.25) is 0 Å². The lowest BCUT2D eigenvalue weighted by atomic mass is 9.87. The third kappa shape index (κ3) is 3.42. The molecule has 4 heteroatoms. The third-order valence-electron chi connectivity index (χ3n) is 5.92. The van der Waals surface area contributed by atoms with Gasteiger partial charge in [0, 0.05) is 36.1 Å². The number of benzene rings is 1. The maximum absolute atomic E-state index is 5.64. The summed E-state index contributed by atoms with van der Waals surface area (Å²) in [4.78, 5) is 5.87. The highest BCUT2D eigenvalue weighted by Gasteiger charge is 2.29. The molecule has 0 amide bonds. The molecule has 142 valence electrons. The first kappa shape index (κ1) is 17.9. The van der Waals surface area contributed by atoms with Crippen LogP contribution in [0.2, 0.25) is 0 Å². The van der Waals surface area contributed by atoms with Crippen LogP contribution in [-0.4, -0.2) is 43.7 Å². The average molecular weight is 364 g/mol. The van der Waals surface area contributed by atoms with Crippen LogP contribution in [0.4, 0.5) is 0 Å². The zero-order valence-electron chi connectivity index (χ0n) is 16.4. The van der Waals surface area contributed by atoms with Crippen LogP contribution in [0.3, 0.4) is 0 Å². The Morgan fingerprint density at radius 1 is 1.19 bits per heavy atom. The Morgan fingerprint density at radius 2 is 2.04 bits per heavy atom. The number of para-hydroxylation sites is 1. The quantitative estimate of drug-likeness (QED) is 0.845. The number of H-pyrrole nitrogens is 1. The average Bonchev–Trinajstić information content (AvgIpc) is 3.01. The summed E-state index contributed by atoms with van der Waals surface area (Å²) in [7, 11) is 5.68. The fourth-order valence-electron chi connectivity index (χ4n) is 4.36. The standard InChI is InChI=1S/C23H28N2O2/c1-25-13-12-16-9-11-22(26-2)23(27-3)14-19(16)21(25)10-8-17-15-24-20-7-5-4-6-18(17)20/h4-7,9,14-15,21,24H,8,10-13H2,1-3H3. The number of rotatable bonds is 5. The van der Waals surface area contributed by atoms with E-state index in [4.69, 9.17) is 9.47 Å². The molecule has 27 heavy (non-hydrogen) atoms. The van der Waals surface area contributed by atoms with Crippen molar-refractivity contribution in [2.24, 2.45) is 0 Å². The van der Waals surface area contributed by atoms with Crippen LogP contribution < -0.4 is 0 Å². The number of ether oxygens (including phenoxy) is 2. The molecule has 0 spiro atoms. The van der Waals surface area contributed by atoms with Gasteiger partial charge in [0.25, 0.3) is 0 Å². The molecule has 1 atom stereocenters. The lowest BCUT2D eigenvalue weighted by Gasteiger charge is -2.36. The second-order valence-corrected chi connectivity index (χ2v) is 7.37. The summed E-state index contributed by atoms with van der Waals surface area (Å²) in [6, 6.07) is 8.93. The monoisotopic (exact) mass is 364 g/mol. The lowest BCUT2D eigenvalue weighted by Crippen LogP contribution is -2.39. The van der Waals surface area contributed by atoms with E-state index in [2.05, 4.69) is 59.5 Å². The first-order chi connectivity index (χ1) is 13.2. The molecule has 0 bridgehead atoms. The van der Waals surface area contributed by atoms with Crippen molar-refractivity contribution in [2.75, 3.05) is 27.8 Å². The summed E-state index contributed by atoms with van der Waals surface area (Å²) in [6.45, 7) is 1.09. The molecule has 1 aliphatic heterocycles. The molecule has 0 saturated carbocycles. The minimum absolute atomic E-state index is 0.389. The van der Waals surface area contributed by atoms with Crippen molar-refractivity contribution >= 4 is 10.9 Å². The maximum atomic E-state index is 5.64. The molecule has 1 saturated heterocycles. The molecule has 1 fully saturated rings. The largest absolute Gasteiger partial charge is 0.497 e. The normalized spacial score (nSPS) is 20.8. The van der Waals surface area contributed by atoms with Crippen molar-refractivity contribution in [3.05, 3.63) is 70.8 Å². The van der Waals surface area contributed by atoms with Gasteiger partial charge in [-0.1, -0.05) is 24.3 Å². The van der Waals surface area contributed by atoms with Gasteiger partial charge in [-0.3, -0.25) is 4.90 Å². The fourth-order valence-corrected chi connectivity index (χ4v) is 4.36. The summed E-state index contributed by atoms with van der Waals surface area (Å²) < 4.78 is 11.2. The van der Waals surface area contributed by atoms with Gasteiger partial charge in [-0.05, 0) is 55.2 Å². The number of nitrogens with one attached hydrogen (secondary N) is 1. The Bertz CT molecular complexity index is 919. The predicted molar refractivity (Wildman–Crippen MR) is 109 cm³/mol. The Labute approximate surface area is 161 Å². The van der Waals surface area contributed by atoms with Crippen molar-refractivity contribution in [3.63, 3.8) is 0 Å². The van der Waals surface area contributed by atoms with E-state index in [9.17, 15) is 0 Å². The summed E-state index contributed by atoms with van der Waals surface area (Å²) in [5.74, 6) is 1.76. The first-order valence-corrected chi connectivity index (χ1v) is 9.68. The summed E-state index contributed by atoms with van der Waals surface area (Å²) in [5, 5.41) is 1.33. The van der Waals surface area contributed by atoms with Crippen LogP contribution in [0.25, 0.3) is 10.9 Å². The SMILES string of the molecule is COC1=C(OC)CC=C2CCN(C)C(CCc3c[nH]c4ccccc34)C2=C1. The Morgan fingerprint density at radius 3 is 2.85 bits per heavy atom. The van der Waals surface area contributed by atoms with Crippen molar-refractivity contribution in [1.29, 1.82) is 0 Å². The van der Waals surface area contributed by atoms with Gasteiger partial charge >= 0.3 is 0 Å². The minimum Gasteiger partial charge on any atom is -0.497 e. The molecular weight excluding hydrogens is 336 g/mol. The minimum atomic E-state index is 0.389. The Balaban J connectivity index is 1.62. The van der Waals surface area contributed by atoms with Crippen LogP contribution in [0.1, 0.15) is 24.8 Å². The van der Waals surface area contributed by atoms with Crippen molar-refractivity contribution in [2.45, 2.75) is 31.7 Å². The molecule has 1 aromatic heterocycles. The van der Waals surface area contributed by atoms with Gasteiger partial charge in [-0.25, -0.2) is 0 Å². The number of methoxy groups -OCH3 is 2. The summed E-state index contributed by atoms with van der Waals surface area (Å²) in [6.07, 6.45) is 10.7. The molecule has 2 heterocycles. The van der Waals surface area contributed by atoms with E-state index >= 15 is 0 Å².